The summed E-state index contributed by atoms with van der Waals surface area (Å²) in [4.78, 5) is 11.6. The monoisotopic (exact) mass is 273 g/mol. The third-order valence-corrected chi connectivity index (χ3v) is 3.58. The molecule has 0 aromatic carbocycles. The standard InChI is InChI=1S/C10H16BrN3O/c1-6(2)9(11)10(15)12-8-5-14(4)13-7(8)3/h5-6,9H,1-4H3,(H,12,15). The van der Waals surface area contributed by atoms with Gasteiger partial charge in [0, 0.05) is 13.2 Å². The molecule has 5 heteroatoms. The van der Waals surface area contributed by atoms with Crippen LogP contribution in [0.25, 0.3) is 0 Å². The molecule has 1 aromatic heterocycles. The Morgan fingerprint density at radius 3 is 2.60 bits per heavy atom. The molecule has 1 rings (SSSR count). The van der Waals surface area contributed by atoms with Crippen LogP contribution in [0.4, 0.5) is 5.69 Å². The summed E-state index contributed by atoms with van der Waals surface area (Å²) in [6.07, 6.45) is 1.80. The van der Waals surface area contributed by atoms with E-state index in [0.717, 1.165) is 11.4 Å². The van der Waals surface area contributed by atoms with Crippen LogP contribution in [0, 0.1) is 12.8 Å². The first-order chi connectivity index (χ1) is 6.91. The number of carbonyl (C=O) groups is 1. The molecule has 0 fully saturated rings. The van der Waals surface area contributed by atoms with Crippen LogP contribution in [0.2, 0.25) is 0 Å². The topological polar surface area (TPSA) is 46.9 Å². The second-order valence-corrected chi connectivity index (χ2v) is 4.92. The van der Waals surface area contributed by atoms with Gasteiger partial charge in [-0.1, -0.05) is 29.8 Å². The van der Waals surface area contributed by atoms with E-state index in [2.05, 4.69) is 26.3 Å². The van der Waals surface area contributed by atoms with Crippen LogP contribution in [0.5, 0.6) is 0 Å². The zero-order valence-corrected chi connectivity index (χ0v) is 11.0. The second-order valence-electron chi connectivity index (χ2n) is 3.94. The van der Waals surface area contributed by atoms with E-state index >= 15 is 0 Å². The lowest BCUT2D eigenvalue weighted by molar-refractivity contribution is -0.116. The number of carbonyl (C=O) groups excluding carboxylic acids is 1. The maximum Gasteiger partial charge on any atom is 0.238 e. The van der Waals surface area contributed by atoms with Crippen LogP contribution < -0.4 is 5.32 Å². The molecule has 0 bridgehead atoms. The van der Waals surface area contributed by atoms with Crippen LogP contribution in [0.3, 0.4) is 0 Å². The highest BCUT2D eigenvalue weighted by Crippen LogP contribution is 2.17. The quantitative estimate of drug-likeness (QED) is 0.858. The van der Waals surface area contributed by atoms with Gasteiger partial charge in [-0.15, -0.1) is 0 Å². The smallest absolute Gasteiger partial charge is 0.238 e. The van der Waals surface area contributed by atoms with E-state index in [1.165, 1.54) is 0 Å². The summed E-state index contributed by atoms with van der Waals surface area (Å²) in [5.41, 5.74) is 1.60. The third-order valence-electron chi connectivity index (χ3n) is 2.11. The Morgan fingerprint density at radius 1 is 1.60 bits per heavy atom. The third kappa shape index (κ3) is 3.06. The number of alkyl halides is 1. The van der Waals surface area contributed by atoms with Crippen molar-refractivity contribution in [2.24, 2.45) is 13.0 Å². The van der Waals surface area contributed by atoms with E-state index in [0.29, 0.717) is 0 Å². The first-order valence-electron chi connectivity index (χ1n) is 4.87. The molecule has 0 saturated carbocycles. The predicted molar refractivity (Wildman–Crippen MR) is 64.1 cm³/mol. The number of hydrogen-bond donors (Lipinski definition) is 1. The average Bonchev–Trinajstić information content (AvgIpc) is 2.43. The van der Waals surface area contributed by atoms with Gasteiger partial charge in [-0.3, -0.25) is 9.48 Å². The number of halogens is 1. The van der Waals surface area contributed by atoms with Crippen LogP contribution in [0.1, 0.15) is 19.5 Å². The van der Waals surface area contributed by atoms with Crippen molar-refractivity contribution in [1.29, 1.82) is 0 Å². The van der Waals surface area contributed by atoms with Crippen LogP contribution in [-0.4, -0.2) is 20.5 Å². The number of hydrogen-bond acceptors (Lipinski definition) is 2. The highest BCUT2D eigenvalue weighted by molar-refractivity contribution is 9.10. The predicted octanol–water partition coefficient (Wildman–Crippen LogP) is 2.09. The van der Waals surface area contributed by atoms with Crippen molar-refractivity contribution >= 4 is 27.5 Å². The Balaban J connectivity index is 2.70. The van der Waals surface area contributed by atoms with Crippen molar-refractivity contribution in [3.63, 3.8) is 0 Å². The van der Waals surface area contributed by atoms with Gasteiger partial charge in [0.25, 0.3) is 0 Å². The van der Waals surface area contributed by atoms with Crippen molar-refractivity contribution in [1.82, 2.24) is 9.78 Å². The molecule has 15 heavy (non-hydrogen) atoms. The number of nitrogens with zero attached hydrogens (tertiary/aromatic N) is 2. The minimum atomic E-state index is -0.169. The van der Waals surface area contributed by atoms with E-state index in [1.54, 1.807) is 10.9 Å². The number of anilines is 1. The zero-order chi connectivity index (χ0) is 11.6. The zero-order valence-electron chi connectivity index (χ0n) is 9.41. The summed E-state index contributed by atoms with van der Waals surface area (Å²) < 4.78 is 1.68. The molecule has 0 saturated heterocycles. The molecule has 0 aliphatic heterocycles. The van der Waals surface area contributed by atoms with E-state index in [1.807, 2.05) is 27.8 Å². The molecular formula is C10H16BrN3O. The van der Waals surface area contributed by atoms with Crippen molar-refractivity contribution in [2.75, 3.05) is 5.32 Å². The first-order valence-corrected chi connectivity index (χ1v) is 5.78. The molecule has 1 atom stereocenters. The summed E-state index contributed by atoms with van der Waals surface area (Å²) in [6.45, 7) is 5.86. The van der Waals surface area contributed by atoms with Gasteiger partial charge in [0.2, 0.25) is 5.91 Å². The molecule has 4 nitrogen and oxygen atoms in total. The number of nitrogens with one attached hydrogen (secondary N) is 1. The van der Waals surface area contributed by atoms with Gasteiger partial charge < -0.3 is 5.32 Å². The van der Waals surface area contributed by atoms with Crippen LogP contribution in [0.15, 0.2) is 6.20 Å². The Kier molecular flexibility index (Phi) is 3.90. The minimum Gasteiger partial charge on any atom is -0.322 e. The molecular weight excluding hydrogens is 258 g/mol. The largest absolute Gasteiger partial charge is 0.322 e. The van der Waals surface area contributed by atoms with Crippen molar-refractivity contribution in [3.05, 3.63) is 11.9 Å². The molecule has 0 aliphatic rings. The summed E-state index contributed by atoms with van der Waals surface area (Å²) in [7, 11) is 1.83. The van der Waals surface area contributed by atoms with Crippen molar-refractivity contribution < 1.29 is 4.79 Å². The Hall–Kier alpha value is -0.840. The molecule has 0 radical (unpaired) electrons. The Morgan fingerprint density at radius 2 is 2.20 bits per heavy atom. The van der Waals surface area contributed by atoms with Gasteiger partial charge in [0.05, 0.1) is 16.2 Å². The molecule has 1 amide bonds. The highest BCUT2D eigenvalue weighted by atomic mass is 79.9. The van der Waals surface area contributed by atoms with Crippen molar-refractivity contribution in [3.8, 4) is 0 Å². The number of aromatic nitrogens is 2. The van der Waals surface area contributed by atoms with Gasteiger partial charge in [-0.05, 0) is 12.8 Å². The fourth-order valence-corrected chi connectivity index (χ4v) is 1.34. The van der Waals surface area contributed by atoms with E-state index in [4.69, 9.17) is 0 Å². The summed E-state index contributed by atoms with van der Waals surface area (Å²) in [5.74, 6) is 0.239. The molecule has 0 aliphatic carbocycles. The molecule has 1 N–H and O–H groups in total. The molecule has 0 spiro atoms. The fraction of sp³-hybridized carbons (Fsp3) is 0.600. The van der Waals surface area contributed by atoms with Gasteiger partial charge in [-0.25, -0.2) is 0 Å². The Bertz CT molecular complexity index is 360. The maximum absolute atomic E-state index is 11.7. The van der Waals surface area contributed by atoms with E-state index in [-0.39, 0.29) is 16.7 Å². The summed E-state index contributed by atoms with van der Waals surface area (Å²) in [6, 6.07) is 0. The first kappa shape index (κ1) is 12.2. The lowest BCUT2D eigenvalue weighted by Crippen LogP contribution is -2.27. The normalized spacial score (nSPS) is 12.9. The average molecular weight is 274 g/mol. The molecule has 1 heterocycles. The van der Waals surface area contributed by atoms with Crippen molar-refractivity contribution in [2.45, 2.75) is 25.6 Å². The van der Waals surface area contributed by atoms with Gasteiger partial charge in [-0.2, -0.15) is 5.10 Å². The lowest BCUT2D eigenvalue weighted by atomic mass is 10.1. The van der Waals surface area contributed by atoms with E-state index < -0.39 is 0 Å². The SMILES string of the molecule is Cc1nn(C)cc1NC(=O)C(Br)C(C)C. The second kappa shape index (κ2) is 4.79. The summed E-state index contributed by atoms with van der Waals surface area (Å²) >= 11 is 3.36. The van der Waals surface area contributed by atoms with Gasteiger partial charge in [0.15, 0.2) is 0 Å². The van der Waals surface area contributed by atoms with Gasteiger partial charge in [0.1, 0.15) is 0 Å². The minimum absolute atomic E-state index is 0.0268. The number of amides is 1. The Labute approximate surface area is 98.2 Å². The maximum atomic E-state index is 11.7. The molecule has 1 aromatic rings. The van der Waals surface area contributed by atoms with E-state index in [9.17, 15) is 4.79 Å². The lowest BCUT2D eigenvalue weighted by Gasteiger charge is -2.12. The highest BCUT2D eigenvalue weighted by Gasteiger charge is 2.19. The van der Waals surface area contributed by atoms with Crippen LogP contribution >= 0.6 is 15.9 Å². The number of rotatable bonds is 3. The fourth-order valence-electron chi connectivity index (χ4n) is 1.23. The molecule has 1 unspecified atom stereocenters. The van der Waals surface area contributed by atoms with Crippen LogP contribution in [-0.2, 0) is 11.8 Å². The van der Waals surface area contributed by atoms with Gasteiger partial charge >= 0.3 is 0 Å². The number of aryl methyl sites for hydroxylation is 2. The molecule has 84 valence electrons. The summed E-state index contributed by atoms with van der Waals surface area (Å²) in [5, 5.41) is 7.00.